The number of carbonyl (C=O) groups excluding carboxylic acids is 1. The van der Waals surface area contributed by atoms with Gasteiger partial charge in [0.15, 0.2) is 5.13 Å². The zero-order chi connectivity index (χ0) is 20.2. The van der Waals surface area contributed by atoms with Crippen LogP contribution in [0.5, 0.6) is 5.75 Å². The van der Waals surface area contributed by atoms with Crippen LogP contribution in [0, 0.1) is 5.92 Å². The molecule has 1 amide bonds. The summed E-state index contributed by atoms with van der Waals surface area (Å²) in [6.07, 6.45) is 2.89. The second kappa shape index (κ2) is 8.93. The number of hydrogen-bond donors (Lipinski definition) is 1. The number of likely N-dealkylation sites (tertiary alicyclic amines) is 1. The minimum Gasteiger partial charge on any atom is -0.497 e. The number of methoxy groups -OCH3 is 1. The summed E-state index contributed by atoms with van der Waals surface area (Å²) in [5.41, 5.74) is 3.19. The van der Waals surface area contributed by atoms with E-state index in [1.54, 1.807) is 7.11 Å². The number of fused-ring (bicyclic) bond motifs is 1. The monoisotopic (exact) mass is 409 g/mol. The maximum Gasteiger partial charge on any atom is 0.230 e. The molecule has 0 atom stereocenters. The number of carbonyl (C=O) groups is 1. The summed E-state index contributed by atoms with van der Waals surface area (Å²) in [5, 5.41) is 3.60. The number of thiazole rings is 1. The lowest BCUT2D eigenvalue weighted by atomic mass is 9.99. The second-order valence-electron chi connectivity index (χ2n) is 7.85. The molecule has 152 valence electrons. The van der Waals surface area contributed by atoms with Crippen LogP contribution < -0.4 is 10.1 Å². The van der Waals surface area contributed by atoms with Crippen molar-refractivity contribution >= 4 is 32.6 Å². The lowest BCUT2D eigenvalue weighted by Gasteiger charge is -2.30. The van der Waals surface area contributed by atoms with Gasteiger partial charge in [-0.05, 0) is 67.2 Å². The van der Waals surface area contributed by atoms with E-state index in [1.165, 1.54) is 42.8 Å². The molecule has 0 saturated carbocycles. The number of nitrogens with one attached hydrogen (secondary N) is 1. The van der Waals surface area contributed by atoms with Crippen molar-refractivity contribution in [2.24, 2.45) is 5.92 Å². The fourth-order valence-electron chi connectivity index (χ4n) is 3.69. The van der Waals surface area contributed by atoms with Gasteiger partial charge in [-0.1, -0.05) is 36.5 Å². The van der Waals surface area contributed by atoms with E-state index < -0.39 is 0 Å². The summed E-state index contributed by atoms with van der Waals surface area (Å²) in [7, 11) is 1.63. The Labute approximate surface area is 175 Å². The number of anilines is 1. The van der Waals surface area contributed by atoms with E-state index in [1.807, 2.05) is 24.3 Å². The summed E-state index contributed by atoms with van der Waals surface area (Å²) < 4.78 is 6.27. The quantitative estimate of drug-likeness (QED) is 0.640. The largest absolute Gasteiger partial charge is 0.497 e. The highest BCUT2D eigenvalue weighted by molar-refractivity contribution is 7.22. The Morgan fingerprint density at radius 3 is 2.62 bits per heavy atom. The Morgan fingerprint density at radius 2 is 1.90 bits per heavy atom. The molecule has 1 aliphatic heterocycles. The minimum atomic E-state index is -0.0584. The minimum absolute atomic E-state index is 0.0584. The molecule has 2 aromatic carbocycles. The Morgan fingerprint density at radius 1 is 1.17 bits per heavy atom. The van der Waals surface area contributed by atoms with E-state index in [0.29, 0.717) is 11.6 Å². The van der Waals surface area contributed by atoms with Crippen molar-refractivity contribution in [3.8, 4) is 5.75 Å². The van der Waals surface area contributed by atoms with E-state index in [4.69, 9.17) is 4.74 Å². The van der Waals surface area contributed by atoms with Crippen LogP contribution in [0.2, 0.25) is 0 Å². The summed E-state index contributed by atoms with van der Waals surface area (Å²) in [6.45, 7) is 5.67. The predicted molar refractivity (Wildman–Crippen MR) is 119 cm³/mol. The smallest absolute Gasteiger partial charge is 0.230 e. The van der Waals surface area contributed by atoms with Gasteiger partial charge in [0, 0.05) is 6.54 Å². The lowest BCUT2D eigenvalue weighted by molar-refractivity contribution is -0.115. The fraction of sp³-hybridized carbons (Fsp3) is 0.391. The van der Waals surface area contributed by atoms with Crippen molar-refractivity contribution in [1.29, 1.82) is 0 Å². The highest BCUT2D eigenvalue weighted by Gasteiger charge is 2.16. The van der Waals surface area contributed by atoms with Crippen molar-refractivity contribution in [2.75, 3.05) is 25.5 Å². The average molecular weight is 410 g/mol. The molecule has 1 aromatic heterocycles. The van der Waals surface area contributed by atoms with Gasteiger partial charge in [0.25, 0.3) is 0 Å². The summed E-state index contributed by atoms with van der Waals surface area (Å²) >= 11 is 1.54. The molecule has 29 heavy (non-hydrogen) atoms. The normalized spacial score (nSPS) is 15.5. The van der Waals surface area contributed by atoms with Gasteiger partial charge in [-0.25, -0.2) is 4.98 Å². The highest BCUT2D eigenvalue weighted by atomic mass is 32.1. The topological polar surface area (TPSA) is 54.5 Å². The van der Waals surface area contributed by atoms with Crippen molar-refractivity contribution in [2.45, 2.75) is 32.7 Å². The molecule has 0 spiro atoms. The summed E-state index contributed by atoms with van der Waals surface area (Å²) in [5.74, 6) is 1.58. The number of ether oxygens (including phenoxy) is 1. The van der Waals surface area contributed by atoms with Crippen LogP contribution in [-0.2, 0) is 17.8 Å². The van der Waals surface area contributed by atoms with Gasteiger partial charge in [0.2, 0.25) is 5.91 Å². The van der Waals surface area contributed by atoms with Crippen LogP contribution in [0.1, 0.15) is 30.9 Å². The van der Waals surface area contributed by atoms with Crippen LogP contribution in [-0.4, -0.2) is 36.0 Å². The molecule has 1 aliphatic rings. The van der Waals surface area contributed by atoms with Crippen molar-refractivity contribution in [1.82, 2.24) is 9.88 Å². The highest BCUT2D eigenvalue weighted by Crippen LogP contribution is 2.28. The lowest BCUT2D eigenvalue weighted by Crippen LogP contribution is -2.32. The van der Waals surface area contributed by atoms with Gasteiger partial charge in [-0.3, -0.25) is 9.69 Å². The van der Waals surface area contributed by atoms with Crippen LogP contribution in [0.15, 0.2) is 42.5 Å². The maximum absolute atomic E-state index is 12.4. The van der Waals surface area contributed by atoms with E-state index >= 15 is 0 Å². The molecular formula is C23H27N3O2S. The van der Waals surface area contributed by atoms with Crippen LogP contribution in [0.25, 0.3) is 10.2 Å². The van der Waals surface area contributed by atoms with Crippen molar-refractivity contribution in [3.05, 3.63) is 53.6 Å². The molecule has 2 heterocycles. The predicted octanol–water partition coefficient (Wildman–Crippen LogP) is 4.72. The Kier molecular flexibility index (Phi) is 6.11. The number of aromatic nitrogens is 1. The van der Waals surface area contributed by atoms with Crippen molar-refractivity contribution in [3.63, 3.8) is 0 Å². The molecule has 1 saturated heterocycles. The molecule has 0 bridgehead atoms. The summed E-state index contributed by atoms with van der Waals surface area (Å²) in [4.78, 5) is 19.5. The molecule has 0 radical (unpaired) electrons. The number of rotatable bonds is 6. The van der Waals surface area contributed by atoms with Gasteiger partial charge in [0.05, 0.1) is 23.7 Å². The number of benzene rings is 2. The number of amides is 1. The molecule has 5 nitrogen and oxygen atoms in total. The second-order valence-corrected chi connectivity index (χ2v) is 8.88. The first-order valence-corrected chi connectivity index (χ1v) is 11.0. The first-order valence-electron chi connectivity index (χ1n) is 10.1. The first-order chi connectivity index (χ1) is 14.1. The van der Waals surface area contributed by atoms with E-state index in [0.717, 1.165) is 34.0 Å². The Balaban J connectivity index is 1.38. The Hall–Kier alpha value is -2.44. The molecular weight excluding hydrogens is 382 g/mol. The van der Waals surface area contributed by atoms with Gasteiger partial charge in [-0.2, -0.15) is 0 Å². The zero-order valence-electron chi connectivity index (χ0n) is 17.0. The molecule has 0 unspecified atom stereocenters. The molecule has 1 N–H and O–H groups in total. The molecule has 1 fully saturated rings. The van der Waals surface area contributed by atoms with Crippen LogP contribution in [0.3, 0.4) is 0 Å². The molecule has 3 aromatic rings. The average Bonchev–Trinajstić information content (AvgIpc) is 3.11. The van der Waals surface area contributed by atoms with Gasteiger partial charge in [-0.15, -0.1) is 0 Å². The molecule has 6 heteroatoms. The third kappa shape index (κ3) is 5.14. The van der Waals surface area contributed by atoms with Gasteiger partial charge in [0.1, 0.15) is 5.75 Å². The number of hydrogen-bond acceptors (Lipinski definition) is 5. The molecule has 4 rings (SSSR count). The fourth-order valence-corrected chi connectivity index (χ4v) is 4.64. The van der Waals surface area contributed by atoms with Crippen LogP contribution >= 0.6 is 11.3 Å². The number of piperidine rings is 1. The number of nitrogens with zero attached hydrogens (tertiary/aromatic N) is 2. The van der Waals surface area contributed by atoms with Gasteiger partial charge >= 0.3 is 0 Å². The first kappa shape index (κ1) is 19.9. The standard InChI is InChI=1S/C23H27N3O2S/c1-16-9-11-26(12-10-16)15-18-5-8-20-21(13-18)29-23(24-20)25-22(27)14-17-3-6-19(28-2)7-4-17/h3-8,13,16H,9-12,14-15H2,1-2H3,(H,24,25,27). The van der Waals surface area contributed by atoms with Crippen molar-refractivity contribution < 1.29 is 9.53 Å². The SMILES string of the molecule is COc1ccc(CC(=O)Nc2nc3ccc(CN4CCC(C)CC4)cc3s2)cc1. The van der Waals surface area contributed by atoms with E-state index in [-0.39, 0.29) is 5.91 Å². The van der Waals surface area contributed by atoms with E-state index in [2.05, 4.69) is 40.3 Å². The Bertz CT molecular complexity index is 975. The van der Waals surface area contributed by atoms with E-state index in [9.17, 15) is 4.79 Å². The summed E-state index contributed by atoms with van der Waals surface area (Å²) in [6, 6.07) is 14.0. The maximum atomic E-state index is 12.4. The third-order valence-electron chi connectivity index (χ3n) is 5.51. The third-order valence-corrected chi connectivity index (χ3v) is 6.44. The zero-order valence-corrected chi connectivity index (χ0v) is 17.8. The van der Waals surface area contributed by atoms with Crippen LogP contribution in [0.4, 0.5) is 5.13 Å². The van der Waals surface area contributed by atoms with Gasteiger partial charge < -0.3 is 10.1 Å². The molecule has 0 aliphatic carbocycles.